The molecule has 3 rings (SSSR count). The Kier molecular flexibility index (Phi) is 5.85. The van der Waals surface area contributed by atoms with Crippen molar-refractivity contribution >= 4 is 16.9 Å². The largest absolute Gasteiger partial charge is 0.453 e. The molecule has 8 heteroatoms. The highest BCUT2D eigenvalue weighted by Crippen LogP contribution is 2.38. The van der Waals surface area contributed by atoms with Crippen LogP contribution in [-0.2, 0) is 11.0 Å². The van der Waals surface area contributed by atoms with Crippen LogP contribution in [0, 0.1) is 12.3 Å². The van der Waals surface area contributed by atoms with Crippen molar-refractivity contribution in [1.82, 2.24) is 0 Å². The zero-order valence-electron chi connectivity index (χ0n) is 17.4. The number of ether oxygens (including phenoxy) is 2. The van der Waals surface area contributed by atoms with E-state index in [1.807, 2.05) is 20.8 Å². The average molecular weight is 434 g/mol. The van der Waals surface area contributed by atoms with Gasteiger partial charge in [-0.15, -0.1) is 0 Å². The van der Waals surface area contributed by atoms with Crippen molar-refractivity contribution in [2.75, 3.05) is 0 Å². The van der Waals surface area contributed by atoms with Gasteiger partial charge in [-0.1, -0.05) is 38.5 Å². The number of carbonyl (C=O) groups is 1. The predicted molar refractivity (Wildman–Crippen MR) is 108 cm³/mol. The lowest BCUT2D eigenvalue weighted by molar-refractivity contribution is -0.154. The molecule has 0 saturated heterocycles. The summed E-state index contributed by atoms with van der Waals surface area (Å²) in [5, 5.41) is -0.134. The Bertz CT molecular complexity index is 1170. The molecule has 2 aromatic carbocycles. The molecule has 1 aromatic heterocycles. The lowest BCUT2D eigenvalue weighted by atomic mass is 9.92. The summed E-state index contributed by atoms with van der Waals surface area (Å²) in [4.78, 5) is 24.8. The van der Waals surface area contributed by atoms with E-state index in [0.717, 1.165) is 11.6 Å². The molecule has 0 N–H and O–H groups in total. The number of hydrogen-bond donors (Lipinski definition) is 0. The van der Waals surface area contributed by atoms with Crippen LogP contribution < -0.4 is 14.9 Å². The summed E-state index contributed by atoms with van der Waals surface area (Å²) in [7, 11) is 0. The molecule has 0 bridgehead atoms. The molecule has 31 heavy (non-hydrogen) atoms. The standard InChI is InChI=1S/C23H21F3O5/c1-13-5-7-14(8-6-13)30-20-19(28)16-10-9-15(29-18(27)12-22(2,3)4)11-17(16)31-21(20)23(24,25)26/h5-11H,12H2,1-4H3. The summed E-state index contributed by atoms with van der Waals surface area (Å²) < 4.78 is 56.3. The van der Waals surface area contributed by atoms with Crippen LogP contribution in [0.25, 0.3) is 11.0 Å². The molecule has 0 aliphatic rings. The number of fused-ring (bicyclic) bond motifs is 1. The molecule has 5 nitrogen and oxygen atoms in total. The first-order valence-electron chi connectivity index (χ1n) is 9.47. The number of carbonyl (C=O) groups excluding carboxylic acids is 1. The Hall–Kier alpha value is -3.29. The molecule has 0 unspecified atom stereocenters. The number of esters is 1. The lowest BCUT2D eigenvalue weighted by Crippen LogP contribution is -2.18. The van der Waals surface area contributed by atoms with Crippen molar-refractivity contribution in [2.45, 2.75) is 40.3 Å². The van der Waals surface area contributed by atoms with Crippen LogP contribution in [0.3, 0.4) is 0 Å². The van der Waals surface area contributed by atoms with Crippen molar-refractivity contribution in [3.8, 4) is 17.2 Å². The third-order valence-corrected chi connectivity index (χ3v) is 4.23. The normalized spacial score (nSPS) is 12.1. The van der Waals surface area contributed by atoms with Crippen LogP contribution in [0.2, 0.25) is 0 Å². The minimum absolute atomic E-state index is 0.0229. The molecule has 164 valence electrons. The molecule has 0 atom stereocenters. The van der Waals surface area contributed by atoms with Gasteiger partial charge < -0.3 is 13.9 Å². The number of halogens is 3. The number of rotatable bonds is 4. The number of benzene rings is 2. The highest BCUT2D eigenvalue weighted by molar-refractivity contribution is 5.81. The Labute approximate surface area is 176 Å². The van der Waals surface area contributed by atoms with E-state index in [1.165, 1.54) is 24.3 Å². The second-order valence-corrected chi connectivity index (χ2v) is 8.37. The monoisotopic (exact) mass is 434 g/mol. The zero-order chi connectivity index (χ0) is 23.0. The molecule has 0 radical (unpaired) electrons. The third kappa shape index (κ3) is 5.45. The van der Waals surface area contributed by atoms with E-state index in [1.54, 1.807) is 19.1 Å². The molecular formula is C23H21F3O5. The molecule has 0 amide bonds. The minimum atomic E-state index is -4.98. The van der Waals surface area contributed by atoms with Gasteiger partial charge in [0.25, 0.3) is 5.76 Å². The first-order valence-corrected chi connectivity index (χ1v) is 9.47. The van der Waals surface area contributed by atoms with E-state index in [9.17, 15) is 22.8 Å². The smallest absolute Gasteiger partial charge is 0.449 e. The second-order valence-electron chi connectivity index (χ2n) is 8.37. The fraction of sp³-hybridized carbons (Fsp3) is 0.304. The van der Waals surface area contributed by atoms with Gasteiger partial charge >= 0.3 is 12.1 Å². The Balaban J connectivity index is 2.05. The van der Waals surface area contributed by atoms with Crippen LogP contribution in [-0.4, -0.2) is 5.97 Å². The summed E-state index contributed by atoms with van der Waals surface area (Å²) in [5.74, 6) is -3.03. The predicted octanol–water partition coefficient (Wildman–Crippen LogP) is 6.25. The molecule has 3 aromatic rings. The van der Waals surface area contributed by atoms with Crippen LogP contribution >= 0.6 is 0 Å². The Morgan fingerprint density at radius 3 is 2.19 bits per heavy atom. The van der Waals surface area contributed by atoms with Crippen LogP contribution in [0.5, 0.6) is 17.2 Å². The van der Waals surface area contributed by atoms with E-state index in [4.69, 9.17) is 13.9 Å². The second kappa shape index (κ2) is 8.09. The van der Waals surface area contributed by atoms with Gasteiger partial charge in [-0.2, -0.15) is 13.2 Å². The SMILES string of the molecule is Cc1ccc(Oc2c(C(F)(F)F)oc3cc(OC(=O)CC(C)(C)C)ccc3c2=O)cc1. The van der Waals surface area contributed by atoms with Gasteiger partial charge in [0.2, 0.25) is 11.2 Å². The quantitative estimate of drug-likeness (QED) is 0.358. The minimum Gasteiger partial charge on any atom is -0.449 e. The maximum absolute atomic E-state index is 13.6. The van der Waals surface area contributed by atoms with Gasteiger partial charge in [0, 0.05) is 6.07 Å². The van der Waals surface area contributed by atoms with Gasteiger partial charge in [0.15, 0.2) is 0 Å². The first-order chi connectivity index (χ1) is 14.3. The number of hydrogen-bond acceptors (Lipinski definition) is 5. The third-order valence-electron chi connectivity index (χ3n) is 4.23. The number of alkyl halides is 3. The fourth-order valence-electron chi connectivity index (χ4n) is 2.82. The van der Waals surface area contributed by atoms with E-state index in [2.05, 4.69) is 0 Å². The molecular weight excluding hydrogens is 413 g/mol. The molecule has 1 heterocycles. The molecule has 0 fully saturated rings. The Morgan fingerprint density at radius 2 is 1.61 bits per heavy atom. The van der Waals surface area contributed by atoms with Crippen LogP contribution in [0.15, 0.2) is 51.7 Å². The lowest BCUT2D eigenvalue weighted by Gasteiger charge is -2.16. The van der Waals surface area contributed by atoms with Gasteiger partial charge in [-0.05, 0) is 36.6 Å². The summed E-state index contributed by atoms with van der Waals surface area (Å²) in [6, 6.07) is 9.84. The van der Waals surface area contributed by atoms with Gasteiger partial charge in [0.1, 0.15) is 17.1 Å². The average Bonchev–Trinajstić information content (AvgIpc) is 2.63. The summed E-state index contributed by atoms with van der Waals surface area (Å²) in [6.07, 6.45) is -4.88. The molecule has 0 aliphatic heterocycles. The van der Waals surface area contributed by atoms with E-state index in [0.29, 0.717) is 0 Å². The fourth-order valence-corrected chi connectivity index (χ4v) is 2.82. The van der Waals surface area contributed by atoms with Gasteiger partial charge in [0.05, 0.1) is 11.8 Å². The highest BCUT2D eigenvalue weighted by Gasteiger charge is 2.40. The molecule has 0 aliphatic carbocycles. The molecule has 0 spiro atoms. The van der Waals surface area contributed by atoms with Crippen molar-refractivity contribution in [2.24, 2.45) is 5.41 Å². The van der Waals surface area contributed by atoms with E-state index >= 15 is 0 Å². The van der Waals surface area contributed by atoms with Gasteiger partial charge in [-0.3, -0.25) is 9.59 Å². The summed E-state index contributed by atoms with van der Waals surface area (Å²) >= 11 is 0. The van der Waals surface area contributed by atoms with E-state index < -0.39 is 29.1 Å². The van der Waals surface area contributed by atoms with Crippen LogP contribution in [0.1, 0.15) is 38.5 Å². The maximum Gasteiger partial charge on any atom is 0.453 e. The van der Waals surface area contributed by atoms with Gasteiger partial charge in [-0.25, -0.2) is 0 Å². The summed E-state index contributed by atoms with van der Waals surface area (Å²) in [6.45, 7) is 7.35. The van der Waals surface area contributed by atoms with E-state index in [-0.39, 0.29) is 34.3 Å². The van der Waals surface area contributed by atoms with Crippen molar-refractivity contribution in [1.29, 1.82) is 0 Å². The topological polar surface area (TPSA) is 65.7 Å². The summed E-state index contributed by atoms with van der Waals surface area (Å²) in [5.41, 5.74) is -0.801. The maximum atomic E-state index is 13.6. The molecule has 0 saturated carbocycles. The van der Waals surface area contributed by atoms with Crippen LogP contribution in [0.4, 0.5) is 13.2 Å². The Morgan fingerprint density at radius 1 is 1.00 bits per heavy atom. The van der Waals surface area contributed by atoms with Crippen molar-refractivity contribution in [3.63, 3.8) is 0 Å². The number of aryl methyl sites for hydroxylation is 1. The van der Waals surface area contributed by atoms with Crippen molar-refractivity contribution in [3.05, 3.63) is 64.0 Å². The van der Waals surface area contributed by atoms with Crippen molar-refractivity contribution < 1.29 is 31.9 Å². The first kappa shape index (κ1) is 22.4. The highest BCUT2D eigenvalue weighted by atomic mass is 19.4. The zero-order valence-corrected chi connectivity index (χ0v) is 17.4.